The maximum absolute atomic E-state index is 11.7. The average molecular weight is 435 g/mol. The van der Waals surface area contributed by atoms with Crippen LogP contribution in [0, 0.1) is 0 Å². The summed E-state index contributed by atoms with van der Waals surface area (Å²) in [5, 5.41) is 8.00. The number of aromatic nitrogens is 3. The van der Waals surface area contributed by atoms with E-state index in [-0.39, 0.29) is 0 Å². The summed E-state index contributed by atoms with van der Waals surface area (Å²) in [4.78, 5) is 23.1. The molecule has 32 heavy (non-hydrogen) atoms. The molecule has 2 aromatic heterocycles. The van der Waals surface area contributed by atoms with Crippen molar-refractivity contribution in [2.75, 3.05) is 31.5 Å². The van der Waals surface area contributed by atoms with Crippen molar-refractivity contribution >= 4 is 22.6 Å². The predicted molar refractivity (Wildman–Crippen MR) is 129 cm³/mol. The van der Waals surface area contributed by atoms with Crippen molar-refractivity contribution in [3.63, 3.8) is 0 Å². The molecule has 0 saturated carbocycles. The number of nitrogens with one attached hydrogen (secondary N) is 2. The van der Waals surface area contributed by atoms with Crippen LogP contribution in [0.5, 0.6) is 0 Å². The Kier molecular flexibility index (Phi) is 7.37. The molecule has 0 bridgehead atoms. The first kappa shape index (κ1) is 22.3. The first-order chi connectivity index (χ1) is 15.7. The van der Waals surface area contributed by atoms with Crippen LogP contribution in [0.4, 0.5) is 5.82 Å². The zero-order valence-corrected chi connectivity index (χ0v) is 19.2. The van der Waals surface area contributed by atoms with Gasteiger partial charge in [0.2, 0.25) is 5.91 Å². The van der Waals surface area contributed by atoms with Crippen molar-refractivity contribution in [2.45, 2.75) is 52.5 Å². The predicted octanol–water partition coefficient (Wildman–Crippen LogP) is 3.91. The molecule has 1 saturated heterocycles. The lowest BCUT2D eigenvalue weighted by Crippen LogP contribution is -2.28. The van der Waals surface area contributed by atoms with Crippen LogP contribution in [0.3, 0.4) is 0 Å². The van der Waals surface area contributed by atoms with Crippen molar-refractivity contribution in [1.29, 1.82) is 0 Å². The number of carbonyl (C=O) groups is 1. The van der Waals surface area contributed by atoms with Gasteiger partial charge in [-0.15, -0.1) is 0 Å². The summed E-state index contributed by atoms with van der Waals surface area (Å²) in [5.74, 6) is 2.09. The summed E-state index contributed by atoms with van der Waals surface area (Å²) in [7, 11) is 0. The van der Waals surface area contributed by atoms with E-state index in [0.717, 1.165) is 93.1 Å². The highest BCUT2D eigenvalue weighted by molar-refractivity contribution is 5.90. The number of carbonyl (C=O) groups excluding carboxylic acids is 1. The molecule has 0 spiro atoms. The van der Waals surface area contributed by atoms with Gasteiger partial charge in [0.1, 0.15) is 11.6 Å². The smallest absolute Gasteiger partial charge is 0.222 e. The summed E-state index contributed by atoms with van der Waals surface area (Å²) < 4.78 is 2.15. The number of likely N-dealkylation sites (tertiary alicyclic amines) is 1. The van der Waals surface area contributed by atoms with Gasteiger partial charge in [-0.25, -0.2) is 9.97 Å². The molecule has 0 atom stereocenters. The normalized spacial score (nSPS) is 13.9. The molecular formula is C25H34N6O. The molecule has 0 radical (unpaired) electrons. The second-order valence-electron chi connectivity index (χ2n) is 8.41. The van der Waals surface area contributed by atoms with Crippen LogP contribution in [0.2, 0.25) is 0 Å². The fourth-order valence-corrected chi connectivity index (χ4v) is 4.14. The van der Waals surface area contributed by atoms with Crippen molar-refractivity contribution in [3.05, 3.63) is 48.0 Å². The van der Waals surface area contributed by atoms with E-state index in [9.17, 15) is 4.79 Å². The van der Waals surface area contributed by atoms with Gasteiger partial charge in [0.15, 0.2) is 0 Å². The van der Waals surface area contributed by atoms with Crippen molar-refractivity contribution in [2.24, 2.45) is 0 Å². The van der Waals surface area contributed by atoms with Crippen LogP contribution in [0.15, 0.2) is 36.7 Å². The van der Waals surface area contributed by atoms with Gasteiger partial charge < -0.3 is 20.1 Å². The van der Waals surface area contributed by atoms with Gasteiger partial charge in [0.05, 0.1) is 5.52 Å². The number of anilines is 1. The third-order valence-corrected chi connectivity index (χ3v) is 5.92. The van der Waals surface area contributed by atoms with Crippen LogP contribution < -0.4 is 10.6 Å². The minimum atomic E-state index is 0.307. The molecule has 7 heteroatoms. The van der Waals surface area contributed by atoms with E-state index in [2.05, 4.69) is 70.7 Å². The Hall–Kier alpha value is -2.93. The highest BCUT2D eigenvalue weighted by Gasteiger charge is 2.18. The maximum atomic E-state index is 11.7. The molecule has 1 aliphatic rings. The summed E-state index contributed by atoms with van der Waals surface area (Å²) in [5.41, 5.74) is 3.31. The molecule has 0 aliphatic carbocycles. The maximum Gasteiger partial charge on any atom is 0.222 e. The number of amides is 1. The molecule has 1 aliphatic heterocycles. The zero-order valence-electron chi connectivity index (χ0n) is 19.2. The van der Waals surface area contributed by atoms with Crippen molar-refractivity contribution in [3.8, 4) is 5.69 Å². The van der Waals surface area contributed by atoms with Gasteiger partial charge >= 0.3 is 0 Å². The summed E-state index contributed by atoms with van der Waals surface area (Å²) >= 11 is 0. The molecule has 170 valence electrons. The monoisotopic (exact) mass is 434 g/mol. The summed E-state index contributed by atoms with van der Waals surface area (Å²) in [6.45, 7) is 8.66. The minimum absolute atomic E-state index is 0.307. The Bertz CT molecular complexity index is 1060. The highest BCUT2D eigenvalue weighted by atomic mass is 16.2. The number of hydrogen-bond acceptors (Lipinski definition) is 5. The quantitative estimate of drug-likeness (QED) is 0.448. The van der Waals surface area contributed by atoms with E-state index >= 15 is 0 Å². The van der Waals surface area contributed by atoms with Crippen LogP contribution in [-0.4, -0.2) is 51.5 Å². The van der Waals surface area contributed by atoms with E-state index in [1.54, 1.807) is 0 Å². The Morgan fingerprint density at radius 1 is 1.12 bits per heavy atom. The van der Waals surface area contributed by atoms with Gasteiger partial charge in [-0.05, 0) is 55.6 Å². The fraction of sp³-hybridized carbons (Fsp3) is 0.480. The molecule has 4 rings (SSSR count). The fourth-order valence-electron chi connectivity index (χ4n) is 4.14. The SMILES string of the molecule is CCCNc1nc(CC)nc2cc(-n3ccc(CNCCCN4CCCC4=O)c3)ccc12. The minimum Gasteiger partial charge on any atom is -0.369 e. The summed E-state index contributed by atoms with van der Waals surface area (Å²) in [6, 6.07) is 8.52. The molecule has 1 fully saturated rings. The lowest BCUT2D eigenvalue weighted by molar-refractivity contribution is -0.127. The van der Waals surface area contributed by atoms with E-state index < -0.39 is 0 Å². The third kappa shape index (κ3) is 5.27. The molecular weight excluding hydrogens is 400 g/mol. The topological polar surface area (TPSA) is 75.1 Å². The molecule has 7 nitrogen and oxygen atoms in total. The Morgan fingerprint density at radius 2 is 2.03 bits per heavy atom. The van der Waals surface area contributed by atoms with Gasteiger partial charge in [0, 0.05) is 62.5 Å². The average Bonchev–Trinajstić information content (AvgIpc) is 3.45. The molecule has 3 aromatic rings. The first-order valence-corrected chi connectivity index (χ1v) is 11.9. The molecule has 0 unspecified atom stereocenters. The van der Waals surface area contributed by atoms with Crippen LogP contribution in [0.1, 0.15) is 50.9 Å². The van der Waals surface area contributed by atoms with E-state index in [4.69, 9.17) is 4.98 Å². The zero-order chi connectivity index (χ0) is 22.3. The van der Waals surface area contributed by atoms with E-state index in [1.165, 1.54) is 5.56 Å². The standard InChI is InChI=1S/C25H34N6O/c1-3-11-27-25-21-9-8-20(16-22(21)28-23(4-2)29-25)31-15-10-19(18-31)17-26-12-6-14-30-13-5-7-24(30)32/h8-10,15-16,18,26H,3-7,11-14,17H2,1-2H3,(H,27,28,29). The number of fused-ring (bicyclic) bond motifs is 1. The lowest BCUT2D eigenvalue weighted by Gasteiger charge is -2.15. The van der Waals surface area contributed by atoms with Crippen LogP contribution >= 0.6 is 0 Å². The molecule has 1 amide bonds. The van der Waals surface area contributed by atoms with E-state index in [0.29, 0.717) is 5.91 Å². The van der Waals surface area contributed by atoms with Gasteiger partial charge in [-0.2, -0.15) is 0 Å². The largest absolute Gasteiger partial charge is 0.369 e. The number of rotatable bonds is 11. The van der Waals surface area contributed by atoms with Gasteiger partial charge in [0.25, 0.3) is 0 Å². The van der Waals surface area contributed by atoms with Crippen LogP contribution in [-0.2, 0) is 17.8 Å². The van der Waals surface area contributed by atoms with Crippen LogP contribution in [0.25, 0.3) is 16.6 Å². The molecule has 1 aromatic carbocycles. The summed E-state index contributed by atoms with van der Waals surface area (Å²) in [6.07, 6.45) is 8.85. The Balaban J connectivity index is 1.38. The van der Waals surface area contributed by atoms with Crippen molar-refractivity contribution in [1.82, 2.24) is 24.8 Å². The van der Waals surface area contributed by atoms with Crippen molar-refractivity contribution < 1.29 is 4.79 Å². The first-order valence-electron chi connectivity index (χ1n) is 11.9. The molecule has 3 heterocycles. The van der Waals surface area contributed by atoms with E-state index in [1.807, 2.05) is 4.90 Å². The number of benzene rings is 1. The lowest BCUT2D eigenvalue weighted by atomic mass is 10.2. The second-order valence-corrected chi connectivity index (χ2v) is 8.41. The highest BCUT2D eigenvalue weighted by Crippen LogP contribution is 2.24. The van der Waals surface area contributed by atoms with Gasteiger partial charge in [-0.3, -0.25) is 4.79 Å². The Morgan fingerprint density at radius 3 is 2.81 bits per heavy atom. The number of hydrogen-bond donors (Lipinski definition) is 2. The number of aryl methyl sites for hydroxylation is 1. The van der Waals surface area contributed by atoms with Gasteiger partial charge in [-0.1, -0.05) is 13.8 Å². The third-order valence-electron chi connectivity index (χ3n) is 5.92. The Labute approximate surface area is 190 Å². The second kappa shape index (κ2) is 10.6. The molecule has 2 N–H and O–H groups in total. The number of nitrogens with zero attached hydrogens (tertiary/aromatic N) is 4.